The normalized spacial score (nSPS) is 12.0. The molecular formula is C16H16Cl2N2O. The maximum absolute atomic E-state index is 11.7. The highest BCUT2D eigenvalue weighted by atomic mass is 35.5. The van der Waals surface area contributed by atoms with E-state index in [-0.39, 0.29) is 5.91 Å². The zero-order chi connectivity index (χ0) is 15.4. The fraction of sp³-hybridized carbons (Fsp3) is 0.188. The van der Waals surface area contributed by atoms with Crippen molar-refractivity contribution in [2.45, 2.75) is 19.4 Å². The lowest BCUT2D eigenvalue weighted by atomic mass is 10.1. The van der Waals surface area contributed by atoms with Crippen LogP contribution in [-0.2, 0) is 4.79 Å². The topological polar surface area (TPSA) is 55.1 Å². The van der Waals surface area contributed by atoms with E-state index < -0.39 is 6.04 Å². The number of halogens is 2. The molecule has 1 amide bonds. The maximum Gasteiger partial charge on any atom is 0.241 e. The van der Waals surface area contributed by atoms with Gasteiger partial charge in [0.05, 0.1) is 16.1 Å². The molecule has 2 rings (SSSR count). The highest BCUT2D eigenvalue weighted by Gasteiger charge is 2.10. The van der Waals surface area contributed by atoms with Crippen LogP contribution in [0.3, 0.4) is 0 Å². The summed E-state index contributed by atoms with van der Waals surface area (Å²) in [5, 5.41) is 3.82. The molecule has 0 aliphatic carbocycles. The molecule has 110 valence electrons. The molecule has 0 aromatic heterocycles. The third-order valence-corrected chi connectivity index (χ3v) is 3.92. The van der Waals surface area contributed by atoms with Gasteiger partial charge in [0.2, 0.25) is 5.91 Å². The molecule has 2 aromatic rings. The number of carbonyl (C=O) groups excluding carboxylic acids is 1. The lowest BCUT2D eigenvalue weighted by Crippen LogP contribution is -2.34. The molecule has 0 radical (unpaired) electrons. The Balaban J connectivity index is 2.15. The van der Waals surface area contributed by atoms with Crippen molar-refractivity contribution in [3.05, 3.63) is 52.5 Å². The number of nitrogens with one attached hydrogen (secondary N) is 1. The largest absolute Gasteiger partial charge is 0.325 e. The Kier molecular flexibility index (Phi) is 5.23. The molecule has 3 nitrogen and oxygen atoms in total. The van der Waals surface area contributed by atoms with Gasteiger partial charge in [-0.2, -0.15) is 0 Å². The molecule has 0 bridgehead atoms. The van der Waals surface area contributed by atoms with E-state index >= 15 is 0 Å². The number of anilines is 1. The lowest BCUT2D eigenvalue weighted by molar-refractivity contribution is -0.117. The maximum atomic E-state index is 11.7. The molecule has 5 heteroatoms. The first-order valence-electron chi connectivity index (χ1n) is 6.63. The minimum atomic E-state index is -0.486. The Hall–Kier alpha value is -1.55. The molecule has 0 heterocycles. The first-order chi connectivity index (χ1) is 10.0. The van der Waals surface area contributed by atoms with Crippen LogP contribution in [0.5, 0.6) is 0 Å². The van der Waals surface area contributed by atoms with Crippen molar-refractivity contribution in [2.24, 2.45) is 5.73 Å². The molecule has 1 unspecified atom stereocenters. The number of benzene rings is 2. The standard InChI is InChI=1S/C16H16Cl2N2O/c1-2-15(19)16(21)20-12-6-3-10(4-7-12)11-5-8-13(17)14(18)9-11/h3-9,15H,2,19H2,1H3,(H,20,21). The SMILES string of the molecule is CCC(N)C(=O)Nc1ccc(-c2ccc(Cl)c(Cl)c2)cc1. The van der Waals surface area contributed by atoms with Crippen molar-refractivity contribution < 1.29 is 4.79 Å². The Morgan fingerprint density at radius 3 is 2.29 bits per heavy atom. The predicted octanol–water partition coefficient (Wildman–Crippen LogP) is 4.34. The Labute approximate surface area is 134 Å². The van der Waals surface area contributed by atoms with Crippen molar-refractivity contribution >= 4 is 34.8 Å². The van der Waals surface area contributed by atoms with Gasteiger partial charge in [-0.15, -0.1) is 0 Å². The summed E-state index contributed by atoms with van der Waals surface area (Å²) in [6.07, 6.45) is 0.604. The molecule has 0 aliphatic rings. The van der Waals surface area contributed by atoms with Crippen molar-refractivity contribution in [3.63, 3.8) is 0 Å². The van der Waals surface area contributed by atoms with Crippen LogP contribution in [0.4, 0.5) is 5.69 Å². The van der Waals surface area contributed by atoms with Crippen LogP contribution in [0, 0.1) is 0 Å². The predicted molar refractivity (Wildman–Crippen MR) is 88.8 cm³/mol. The van der Waals surface area contributed by atoms with Crippen LogP contribution in [0.1, 0.15) is 13.3 Å². The first kappa shape index (κ1) is 15.8. The third-order valence-electron chi connectivity index (χ3n) is 3.18. The molecule has 2 aromatic carbocycles. The summed E-state index contributed by atoms with van der Waals surface area (Å²) >= 11 is 11.9. The zero-order valence-electron chi connectivity index (χ0n) is 11.6. The van der Waals surface area contributed by atoms with E-state index in [2.05, 4.69) is 5.32 Å². The van der Waals surface area contributed by atoms with Crippen LogP contribution in [0.2, 0.25) is 10.0 Å². The number of hydrogen-bond acceptors (Lipinski definition) is 2. The van der Waals surface area contributed by atoms with Crippen molar-refractivity contribution in [2.75, 3.05) is 5.32 Å². The van der Waals surface area contributed by atoms with Gasteiger partial charge in [-0.3, -0.25) is 4.79 Å². The third kappa shape index (κ3) is 3.97. The number of hydrogen-bond donors (Lipinski definition) is 2. The summed E-state index contributed by atoms with van der Waals surface area (Å²) in [6.45, 7) is 1.87. The number of amides is 1. The van der Waals surface area contributed by atoms with Gasteiger partial charge in [-0.1, -0.05) is 48.3 Å². The Bertz CT molecular complexity index is 641. The monoisotopic (exact) mass is 322 g/mol. The summed E-state index contributed by atoms with van der Waals surface area (Å²) in [5.74, 6) is -0.181. The van der Waals surface area contributed by atoms with E-state index in [4.69, 9.17) is 28.9 Å². The van der Waals surface area contributed by atoms with Gasteiger partial charge in [0, 0.05) is 5.69 Å². The van der Waals surface area contributed by atoms with Gasteiger partial charge in [0.25, 0.3) is 0 Å². The van der Waals surface area contributed by atoms with Gasteiger partial charge in [0.1, 0.15) is 0 Å². The summed E-state index contributed by atoms with van der Waals surface area (Å²) in [6, 6.07) is 12.5. The van der Waals surface area contributed by atoms with Gasteiger partial charge < -0.3 is 11.1 Å². The summed E-state index contributed by atoms with van der Waals surface area (Å²) < 4.78 is 0. The van der Waals surface area contributed by atoms with E-state index in [1.54, 1.807) is 6.07 Å². The summed E-state index contributed by atoms with van der Waals surface area (Å²) in [5.41, 5.74) is 8.35. The van der Waals surface area contributed by atoms with Crippen LogP contribution in [-0.4, -0.2) is 11.9 Å². The highest BCUT2D eigenvalue weighted by Crippen LogP contribution is 2.29. The minimum Gasteiger partial charge on any atom is -0.325 e. The van der Waals surface area contributed by atoms with E-state index in [0.717, 1.165) is 11.1 Å². The van der Waals surface area contributed by atoms with Gasteiger partial charge in [-0.25, -0.2) is 0 Å². The molecule has 21 heavy (non-hydrogen) atoms. The highest BCUT2D eigenvalue weighted by molar-refractivity contribution is 6.42. The minimum absolute atomic E-state index is 0.181. The van der Waals surface area contributed by atoms with E-state index in [9.17, 15) is 4.79 Å². The quantitative estimate of drug-likeness (QED) is 0.879. The molecule has 0 saturated carbocycles. The molecule has 0 aliphatic heterocycles. The molecule has 0 saturated heterocycles. The lowest BCUT2D eigenvalue weighted by Gasteiger charge is -2.10. The van der Waals surface area contributed by atoms with Crippen molar-refractivity contribution in [3.8, 4) is 11.1 Å². The molecule has 0 spiro atoms. The number of carbonyl (C=O) groups is 1. The second kappa shape index (κ2) is 6.94. The van der Waals surface area contributed by atoms with E-state index in [1.807, 2.05) is 43.3 Å². The summed E-state index contributed by atoms with van der Waals surface area (Å²) in [4.78, 5) is 11.7. The van der Waals surface area contributed by atoms with E-state index in [0.29, 0.717) is 22.2 Å². The average Bonchev–Trinajstić information content (AvgIpc) is 2.50. The van der Waals surface area contributed by atoms with Gasteiger partial charge in [0.15, 0.2) is 0 Å². The molecule has 0 fully saturated rings. The zero-order valence-corrected chi connectivity index (χ0v) is 13.1. The number of rotatable bonds is 4. The van der Waals surface area contributed by atoms with Crippen LogP contribution < -0.4 is 11.1 Å². The summed E-state index contributed by atoms with van der Waals surface area (Å²) in [7, 11) is 0. The van der Waals surface area contributed by atoms with E-state index in [1.165, 1.54) is 0 Å². The fourth-order valence-electron chi connectivity index (χ4n) is 1.84. The van der Waals surface area contributed by atoms with Crippen LogP contribution in [0.15, 0.2) is 42.5 Å². The van der Waals surface area contributed by atoms with Crippen LogP contribution >= 0.6 is 23.2 Å². The Morgan fingerprint density at radius 2 is 1.71 bits per heavy atom. The van der Waals surface area contributed by atoms with Gasteiger partial charge >= 0.3 is 0 Å². The van der Waals surface area contributed by atoms with Gasteiger partial charge in [-0.05, 0) is 41.8 Å². The molecule has 1 atom stereocenters. The van der Waals surface area contributed by atoms with Crippen molar-refractivity contribution in [1.82, 2.24) is 0 Å². The number of nitrogens with two attached hydrogens (primary N) is 1. The van der Waals surface area contributed by atoms with Crippen molar-refractivity contribution in [1.29, 1.82) is 0 Å². The molecule has 3 N–H and O–H groups in total. The first-order valence-corrected chi connectivity index (χ1v) is 7.38. The average molecular weight is 323 g/mol. The Morgan fingerprint density at radius 1 is 1.10 bits per heavy atom. The second-order valence-electron chi connectivity index (χ2n) is 4.71. The fourth-order valence-corrected chi connectivity index (χ4v) is 2.14. The second-order valence-corrected chi connectivity index (χ2v) is 5.52. The van der Waals surface area contributed by atoms with Crippen LogP contribution in [0.25, 0.3) is 11.1 Å². The molecular weight excluding hydrogens is 307 g/mol. The smallest absolute Gasteiger partial charge is 0.241 e.